The number of piperidine rings is 1. The van der Waals surface area contributed by atoms with Gasteiger partial charge in [0, 0.05) is 28.2 Å². The molecule has 2 atom stereocenters. The van der Waals surface area contributed by atoms with E-state index in [0.29, 0.717) is 15.1 Å². The molecule has 0 unspecified atom stereocenters. The normalized spacial score (nSPS) is 18.9. The molecular formula is C21H23Cl3N2O. The molecule has 27 heavy (non-hydrogen) atoms. The number of likely N-dealkylation sites (tertiary alicyclic amines) is 1. The van der Waals surface area contributed by atoms with Crippen LogP contribution < -0.4 is 5.32 Å². The fourth-order valence-electron chi connectivity index (χ4n) is 3.47. The number of carbonyl (C=O) groups is 1. The zero-order valence-electron chi connectivity index (χ0n) is 15.2. The summed E-state index contributed by atoms with van der Waals surface area (Å²) in [5, 5.41) is 5.14. The molecule has 6 heteroatoms. The maximum atomic E-state index is 12.8. The molecule has 0 saturated carbocycles. The molecular weight excluding hydrogens is 403 g/mol. The molecule has 1 fully saturated rings. The van der Waals surface area contributed by atoms with Crippen molar-refractivity contribution in [3.05, 3.63) is 68.7 Å². The van der Waals surface area contributed by atoms with Crippen LogP contribution in [0.15, 0.2) is 42.5 Å². The molecule has 1 aliphatic heterocycles. The van der Waals surface area contributed by atoms with Crippen molar-refractivity contribution in [2.24, 2.45) is 5.92 Å². The van der Waals surface area contributed by atoms with Crippen LogP contribution in [0.5, 0.6) is 0 Å². The molecule has 144 valence electrons. The third kappa shape index (κ3) is 5.61. The maximum absolute atomic E-state index is 12.8. The third-order valence-electron chi connectivity index (χ3n) is 5.01. The minimum Gasteiger partial charge on any atom is -0.349 e. The molecule has 3 rings (SSSR count). The standard InChI is InChI=1S/C21H23Cl3N2O/c1-14(15-4-7-18(22)8-5-15)25-21(27)17-3-2-10-26(13-17)12-16-6-9-19(23)11-20(16)24/h4-9,11,14,17H,2-3,10,12-13H2,1H3,(H,25,27)/t14-,17+/m0/s1. The lowest BCUT2D eigenvalue weighted by Gasteiger charge is -2.32. The lowest BCUT2D eigenvalue weighted by atomic mass is 9.96. The molecule has 2 aromatic carbocycles. The van der Waals surface area contributed by atoms with E-state index in [1.54, 1.807) is 6.07 Å². The van der Waals surface area contributed by atoms with Gasteiger partial charge in [-0.1, -0.05) is 53.0 Å². The molecule has 0 spiro atoms. The Balaban J connectivity index is 1.58. The molecule has 1 amide bonds. The van der Waals surface area contributed by atoms with Crippen LogP contribution >= 0.6 is 34.8 Å². The second-order valence-corrected chi connectivity index (χ2v) is 8.37. The summed E-state index contributed by atoms with van der Waals surface area (Å²) in [5.74, 6) is 0.0870. The molecule has 0 aromatic heterocycles. The van der Waals surface area contributed by atoms with Gasteiger partial charge in [-0.05, 0) is 61.7 Å². The fraction of sp³-hybridized carbons (Fsp3) is 0.381. The molecule has 0 radical (unpaired) electrons. The monoisotopic (exact) mass is 424 g/mol. The number of nitrogens with one attached hydrogen (secondary N) is 1. The lowest BCUT2D eigenvalue weighted by molar-refractivity contribution is -0.127. The summed E-state index contributed by atoms with van der Waals surface area (Å²) in [6, 6.07) is 13.1. The second kappa shape index (κ2) is 9.29. The van der Waals surface area contributed by atoms with Crippen molar-refractivity contribution in [3.63, 3.8) is 0 Å². The van der Waals surface area contributed by atoms with Crippen molar-refractivity contribution in [2.45, 2.75) is 32.4 Å². The first-order chi connectivity index (χ1) is 12.9. The number of amides is 1. The minimum absolute atomic E-state index is 0.0143. The zero-order valence-corrected chi connectivity index (χ0v) is 17.5. The average molecular weight is 426 g/mol. The Kier molecular flexibility index (Phi) is 7.04. The van der Waals surface area contributed by atoms with Gasteiger partial charge < -0.3 is 5.32 Å². The topological polar surface area (TPSA) is 32.3 Å². The van der Waals surface area contributed by atoms with E-state index in [0.717, 1.165) is 43.6 Å². The quantitative estimate of drug-likeness (QED) is 0.663. The highest BCUT2D eigenvalue weighted by Gasteiger charge is 2.27. The van der Waals surface area contributed by atoms with Gasteiger partial charge in [-0.3, -0.25) is 9.69 Å². The number of hydrogen-bond donors (Lipinski definition) is 1. The van der Waals surface area contributed by atoms with Crippen LogP contribution in [-0.4, -0.2) is 23.9 Å². The molecule has 0 bridgehead atoms. The summed E-state index contributed by atoms with van der Waals surface area (Å²) in [6.45, 7) is 4.43. The molecule has 1 N–H and O–H groups in total. The molecule has 1 heterocycles. The predicted molar refractivity (Wildman–Crippen MR) is 112 cm³/mol. The van der Waals surface area contributed by atoms with Gasteiger partial charge in [-0.15, -0.1) is 0 Å². The summed E-state index contributed by atoms with van der Waals surface area (Å²) in [7, 11) is 0. The summed E-state index contributed by atoms with van der Waals surface area (Å²) in [5.41, 5.74) is 2.09. The number of carbonyl (C=O) groups excluding carboxylic acids is 1. The maximum Gasteiger partial charge on any atom is 0.224 e. The Morgan fingerprint density at radius 3 is 2.56 bits per heavy atom. The summed E-state index contributed by atoms with van der Waals surface area (Å²) in [6.07, 6.45) is 1.91. The van der Waals surface area contributed by atoms with Crippen LogP contribution in [0.2, 0.25) is 15.1 Å². The summed E-state index contributed by atoms with van der Waals surface area (Å²) >= 11 is 18.2. The van der Waals surface area contributed by atoms with E-state index in [1.165, 1.54) is 0 Å². The van der Waals surface area contributed by atoms with E-state index >= 15 is 0 Å². The van der Waals surface area contributed by atoms with E-state index < -0.39 is 0 Å². The molecule has 0 aliphatic carbocycles. The first-order valence-corrected chi connectivity index (χ1v) is 10.3. The number of halogens is 3. The first kappa shape index (κ1) is 20.5. The average Bonchev–Trinajstić information content (AvgIpc) is 2.65. The Morgan fingerprint density at radius 1 is 1.15 bits per heavy atom. The number of hydrogen-bond acceptors (Lipinski definition) is 2. The van der Waals surface area contributed by atoms with E-state index in [1.807, 2.05) is 43.3 Å². The fourth-order valence-corrected chi connectivity index (χ4v) is 4.06. The minimum atomic E-state index is -0.0455. The molecule has 1 aliphatic rings. The summed E-state index contributed by atoms with van der Waals surface area (Å²) < 4.78 is 0. The van der Waals surface area contributed by atoms with Gasteiger partial charge in [0.1, 0.15) is 0 Å². The highest BCUT2D eigenvalue weighted by atomic mass is 35.5. The van der Waals surface area contributed by atoms with Gasteiger partial charge in [0.05, 0.1) is 12.0 Å². The zero-order chi connectivity index (χ0) is 19.4. The van der Waals surface area contributed by atoms with E-state index in [9.17, 15) is 4.79 Å². The van der Waals surface area contributed by atoms with Gasteiger partial charge in [-0.25, -0.2) is 0 Å². The van der Waals surface area contributed by atoms with Crippen molar-refractivity contribution >= 4 is 40.7 Å². The van der Waals surface area contributed by atoms with Crippen LogP contribution in [0.4, 0.5) is 0 Å². The van der Waals surface area contributed by atoms with Gasteiger partial charge in [0.15, 0.2) is 0 Å². The highest BCUT2D eigenvalue weighted by molar-refractivity contribution is 6.35. The SMILES string of the molecule is C[C@H](NC(=O)[C@@H]1CCCN(Cc2ccc(Cl)cc2Cl)C1)c1ccc(Cl)cc1. The van der Waals surface area contributed by atoms with Gasteiger partial charge >= 0.3 is 0 Å². The number of rotatable bonds is 5. The first-order valence-electron chi connectivity index (χ1n) is 9.14. The van der Waals surface area contributed by atoms with Crippen LogP contribution in [0, 0.1) is 5.92 Å². The molecule has 1 saturated heterocycles. The highest BCUT2D eigenvalue weighted by Crippen LogP contribution is 2.25. The van der Waals surface area contributed by atoms with Crippen molar-refractivity contribution < 1.29 is 4.79 Å². The van der Waals surface area contributed by atoms with Crippen molar-refractivity contribution in [1.82, 2.24) is 10.2 Å². The second-order valence-electron chi connectivity index (χ2n) is 7.09. The van der Waals surface area contributed by atoms with E-state index in [2.05, 4.69) is 10.2 Å². The third-order valence-corrected chi connectivity index (χ3v) is 5.85. The lowest BCUT2D eigenvalue weighted by Crippen LogP contribution is -2.43. The smallest absolute Gasteiger partial charge is 0.224 e. The van der Waals surface area contributed by atoms with E-state index in [4.69, 9.17) is 34.8 Å². The predicted octanol–water partition coefficient (Wildman–Crippen LogP) is 5.74. The number of nitrogens with zero attached hydrogens (tertiary/aromatic N) is 1. The van der Waals surface area contributed by atoms with Crippen molar-refractivity contribution in [2.75, 3.05) is 13.1 Å². The summed E-state index contributed by atoms with van der Waals surface area (Å²) in [4.78, 5) is 15.0. The van der Waals surface area contributed by atoms with Gasteiger partial charge in [0.2, 0.25) is 5.91 Å². The van der Waals surface area contributed by atoms with E-state index in [-0.39, 0.29) is 17.9 Å². The van der Waals surface area contributed by atoms with Gasteiger partial charge in [0.25, 0.3) is 0 Å². The number of benzene rings is 2. The molecule has 3 nitrogen and oxygen atoms in total. The Morgan fingerprint density at radius 2 is 1.85 bits per heavy atom. The molecule has 2 aromatic rings. The van der Waals surface area contributed by atoms with Crippen LogP contribution in [0.25, 0.3) is 0 Å². The van der Waals surface area contributed by atoms with Crippen LogP contribution in [-0.2, 0) is 11.3 Å². The Labute approximate surface area is 175 Å². The van der Waals surface area contributed by atoms with Crippen molar-refractivity contribution in [3.8, 4) is 0 Å². The van der Waals surface area contributed by atoms with Crippen LogP contribution in [0.3, 0.4) is 0 Å². The van der Waals surface area contributed by atoms with Gasteiger partial charge in [-0.2, -0.15) is 0 Å². The van der Waals surface area contributed by atoms with Crippen molar-refractivity contribution in [1.29, 1.82) is 0 Å². The Bertz CT molecular complexity index is 795. The van der Waals surface area contributed by atoms with Crippen LogP contribution in [0.1, 0.15) is 36.9 Å². The largest absolute Gasteiger partial charge is 0.349 e. The Hall–Kier alpha value is -1.26.